The number of pyridine rings is 1. The second-order valence-corrected chi connectivity index (χ2v) is 9.05. The Balaban J connectivity index is 1.60. The third-order valence-corrected chi connectivity index (χ3v) is 6.94. The number of hydrogen-bond acceptors (Lipinski definition) is 8. The van der Waals surface area contributed by atoms with Crippen molar-refractivity contribution in [2.75, 3.05) is 35.9 Å². The molecule has 30 heavy (non-hydrogen) atoms. The fraction of sp³-hybridized carbons (Fsp3) is 0.286. The van der Waals surface area contributed by atoms with E-state index in [1.54, 1.807) is 12.5 Å². The average molecular weight is 440 g/mol. The van der Waals surface area contributed by atoms with E-state index in [9.17, 15) is 4.55 Å². The lowest BCUT2D eigenvalue weighted by Crippen LogP contribution is -2.37. The molecular formula is C21H21N5O2S2. The van der Waals surface area contributed by atoms with Gasteiger partial charge in [0.25, 0.3) is 0 Å². The minimum Gasteiger partial charge on any atom is -0.587 e. The van der Waals surface area contributed by atoms with Gasteiger partial charge in [-0.1, -0.05) is 23.2 Å². The number of thiophene rings is 1. The molecule has 1 unspecified atom stereocenters. The average Bonchev–Trinajstić information content (AvgIpc) is 3.30. The van der Waals surface area contributed by atoms with E-state index in [1.165, 1.54) is 11.3 Å². The minimum atomic E-state index is -1.33. The predicted molar refractivity (Wildman–Crippen MR) is 119 cm³/mol. The summed E-state index contributed by atoms with van der Waals surface area (Å²) in [5.74, 6) is 7.22. The lowest BCUT2D eigenvalue weighted by molar-refractivity contribution is 0.122. The number of rotatable bonds is 4. The van der Waals surface area contributed by atoms with Gasteiger partial charge in [0.1, 0.15) is 29.2 Å². The Labute approximate surface area is 182 Å². The first-order valence-electron chi connectivity index (χ1n) is 9.46. The Morgan fingerprint density at radius 2 is 2.00 bits per heavy atom. The van der Waals surface area contributed by atoms with Gasteiger partial charge in [0.15, 0.2) is 0 Å². The first-order valence-corrected chi connectivity index (χ1v) is 11.5. The zero-order chi connectivity index (χ0) is 20.9. The van der Waals surface area contributed by atoms with E-state index < -0.39 is 11.4 Å². The largest absolute Gasteiger partial charge is 0.587 e. The molecule has 0 saturated carbocycles. The van der Waals surface area contributed by atoms with Gasteiger partial charge in [-0.2, -0.15) is 0 Å². The van der Waals surface area contributed by atoms with Gasteiger partial charge >= 0.3 is 0 Å². The van der Waals surface area contributed by atoms with Crippen LogP contribution in [-0.4, -0.2) is 45.8 Å². The second kappa shape index (κ2) is 9.45. The lowest BCUT2D eigenvalue weighted by atomic mass is 10.1. The standard InChI is InChI=1S/C21H21N5O2S2/c1-15-18(21(24-14-23-15)26-7-9-28-10-8-26)6-5-17-12-19(16(2)22-13-17)25-30(27)20-4-3-11-29-20/h3-4,11-14,25H,7-10H2,1-2H3. The molecule has 7 nitrogen and oxygen atoms in total. The van der Waals surface area contributed by atoms with Gasteiger partial charge in [-0.3, -0.25) is 4.98 Å². The van der Waals surface area contributed by atoms with E-state index in [0.717, 1.165) is 45.6 Å². The third kappa shape index (κ3) is 4.74. The monoisotopic (exact) mass is 439 g/mol. The first-order chi connectivity index (χ1) is 14.6. The molecule has 4 rings (SSSR count). The number of aromatic nitrogens is 3. The number of nitrogens with zero attached hydrogens (tertiary/aromatic N) is 4. The molecule has 0 aromatic carbocycles. The summed E-state index contributed by atoms with van der Waals surface area (Å²) >= 11 is 0.115. The summed E-state index contributed by atoms with van der Waals surface area (Å²) < 4.78 is 21.7. The van der Waals surface area contributed by atoms with E-state index in [0.29, 0.717) is 18.9 Å². The summed E-state index contributed by atoms with van der Waals surface area (Å²) in [6.07, 6.45) is 3.29. The van der Waals surface area contributed by atoms with Crippen LogP contribution in [0, 0.1) is 25.7 Å². The SMILES string of the molecule is Cc1ncc(C#Cc2c(C)ncnc2N2CCOCC2)cc1N[S+]([O-])c1cccs1. The summed E-state index contributed by atoms with van der Waals surface area (Å²) in [6, 6.07) is 5.59. The molecule has 1 fully saturated rings. The van der Waals surface area contributed by atoms with Crippen molar-refractivity contribution >= 4 is 34.2 Å². The number of nitrogens with one attached hydrogen (secondary N) is 1. The van der Waals surface area contributed by atoms with Crippen molar-refractivity contribution in [2.24, 2.45) is 0 Å². The Hall–Kier alpha value is -2.64. The van der Waals surface area contributed by atoms with Crippen LogP contribution >= 0.6 is 11.3 Å². The van der Waals surface area contributed by atoms with Crippen LogP contribution in [0.4, 0.5) is 11.5 Å². The highest BCUT2D eigenvalue weighted by molar-refractivity contribution is 7.94. The molecule has 1 aliphatic heterocycles. The summed E-state index contributed by atoms with van der Waals surface area (Å²) in [7, 11) is 0. The smallest absolute Gasteiger partial charge is 0.233 e. The predicted octanol–water partition coefficient (Wildman–Crippen LogP) is 2.92. The van der Waals surface area contributed by atoms with Gasteiger partial charge < -0.3 is 14.2 Å². The van der Waals surface area contributed by atoms with Crippen LogP contribution in [-0.2, 0) is 16.1 Å². The third-order valence-electron chi connectivity index (χ3n) is 4.63. The molecule has 1 atom stereocenters. The van der Waals surface area contributed by atoms with Crippen molar-refractivity contribution in [1.29, 1.82) is 0 Å². The molecule has 154 valence electrons. The molecule has 0 aliphatic carbocycles. The van der Waals surface area contributed by atoms with Gasteiger partial charge in [0, 0.05) is 30.9 Å². The van der Waals surface area contributed by atoms with Crippen LogP contribution in [0.25, 0.3) is 0 Å². The highest BCUT2D eigenvalue weighted by Crippen LogP contribution is 2.23. The quantitative estimate of drug-likeness (QED) is 0.494. The molecule has 4 heterocycles. The van der Waals surface area contributed by atoms with E-state index in [4.69, 9.17) is 4.74 Å². The van der Waals surface area contributed by atoms with Crippen LogP contribution in [0.1, 0.15) is 22.5 Å². The Kier molecular flexibility index (Phi) is 6.50. The summed E-state index contributed by atoms with van der Waals surface area (Å²) in [5, 5.41) is 1.90. The molecule has 1 N–H and O–H groups in total. The zero-order valence-electron chi connectivity index (χ0n) is 16.7. The molecule has 3 aromatic heterocycles. The topological polar surface area (TPSA) is 86.2 Å². The van der Waals surface area contributed by atoms with Gasteiger partial charge in [0.2, 0.25) is 4.21 Å². The van der Waals surface area contributed by atoms with Crippen LogP contribution < -0.4 is 9.62 Å². The van der Waals surface area contributed by atoms with Crippen molar-refractivity contribution in [3.63, 3.8) is 0 Å². The van der Waals surface area contributed by atoms with Crippen LogP contribution in [0.3, 0.4) is 0 Å². The first kappa shape index (κ1) is 20.6. The maximum atomic E-state index is 12.5. The minimum absolute atomic E-state index is 0.675. The molecule has 1 aliphatic rings. The van der Waals surface area contributed by atoms with E-state index in [2.05, 4.69) is 36.4 Å². The van der Waals surface area contributed by atoms with Crippen molar-refractivity contribution in [2.45, 2.75) is 18.1 Å². The summed E-state index contributed by atoms with van der Waals surface area (Å²) in [5.41, 5.74) is 3.82. The molecule has 1 saturated heterocycles. The van der Waals surface area contributed by atoms with E-state index >= 15 is 0 Å². The van der Waals surface area contributed by atoms with Crippen molar-refractivity contribution < 1.29 is 9.29 Å². The maximum absolute atomic E-state index is 12.5. The molecule has 0 spiro atoms. The van der Waals surface area contributed by atoms with Crippen molar-refractivity contribution in [3.05, 3.63) is 58.6 Å². The molecule has 3 aromatic rings. The van der Waals surface area contributed by atoms with Gasteiger partial charge in [-0.05, 0) is 31.4 Å². The number of aryl methyl sites for hydroxylation is 2. The number of morpholine rings is 1. The normalized spacial score (nSPS) is 14.7. The summed E-state index contributed by atoms with van der Waals surface area (Å²) in [6.45, 7) is 6.71. The molecular weight excluding hydrogens is 418 g/mol. The molecule has 0 bridgehead atoms. The van der Waals surface area contributed by atoms with Crippen LogP contribution in [0.15, 0.2) is 40.3 Å². The molecule has 0 amide bonds. The molecule has 0 radical (unpaired) electrons. The zero-order valence-corrected chi connectivity index (χ0v) is 18.3. The van der Waals surface area contributed by atoms with Crippen molar-refractivity contribution in [1.82, 2.24) is 15.0 Å². The van der Waals surface area contributed by atoms with Gasteiger partial charge in [-0.15, -0.1) is 0 Å². The number of hydrogen-bond donors (Lipinski definition) is 1. The van der Waals surface area contributed by atoms with Crippen molar-refractivity contribution in [3.8, 4) is 11.8 Å². The maximum Gasteiger partial charge on any atom is 0.233 e. The Morgan fingerprint density at radius 3 is 2.77 bits per heavy atom. The second-order valence-electron chi connectivity index (χ2n) is 6.67. The van der Waals surface area contributed by atoms with Gasteiger partial charge in [0.05, 0.1) is 30.2 Å². The highest BCUT2D eigenvalue weighted by atomic mass is 32.2. The lowest BCUT2D eigenvalue weighted by Gasteiger charge is -2.28. The van der Waals surface area contributed by atoms with Crippen LogP contribution in [0.5, 0.6) is 0 Å². The fourth-order valence-corrected chi connectivity index (χ4v) is 4.78. The fourth-order valence-electron chi connectivity index (χ4n) is 2.98. The summed E-state index contributed by atoms with van der Waals surface area (Å²) in [4.78, 5) is 15.4. The van der Waals surface area contributed by atoms with Gasteiger partial charge in [-0.25, -0.2) is 14.7 Å². The number of anilines is 2. The highest BCUT2D eigenvalue weighted by Gasteiger charge is 2.17. The number of ether oxygens (including phenoxy) is 1. The van der Waals surface area contributed by atoms with E-state index in [1.807, 2.05) is 37.4 Å². The molecule has 9 heteroatoms. The Morgan fingerprint density at radius 1 is 1.17 bits per heavy atom. The van der Waals surface area contributed by atoms with Crippen LogP contribution in [0.2, 0.25) is 0 Å². The van der Waals surface area contributed by atoms with E-state index in [-0.39, 0.29) is 0 Å². The Bertz CT molecular complexity index is 1070.